The molecule has 6 heteroatoms. The minimum atomic E-state index is -0.485. The first kappa shape index (κ1) is 14.2. The molecule has 0 amide bonds. The summed E-state index contributed by atoms with van der Waals surface area (Å²) in [5.41, 5.74) is 0.660. The van der Waals surface area contributed by atoms with E-state index in [-0.39, 0.29) is 34.3 Å². The number of nitro groups is 1. The molecular formula is C15H16ClN2O3-. The summed E-state index contributed by atoms with van der Waals surface area (Å²) in [6, 6.07) is 1.27. The van der Waals surface area contributed by atoms with Gasteiger partial charge in [-0.2, -0.15) is 0 Å². The number of nitrogens with zero attached hydrogens (tertiary/aromatic N) is 1. The van der Waals surface area contributed by atoms with Gasteiger partial charge < -0.3 is 10.4 Å². The molecule has 0 unspecified atom stereocenters. The second-order valence-corrected chi connectivity index (χ2v) is 6.43. The highest BCUT2D eigenvalue weighted by atomic mass is 35.5. The lowest BCUT2D eigenvalue weighted by atomic mass is 9.75. The number of benzene rings is 1. The fraction of sp³-hybridized carbons (Fsp3) is 0.467. The Labute approximate surface area is 127 Å². The second-order valence-electron chi connectivity index (χ2n) is 6.02. The van der Waals surface area contributed by atoms with Crippen molar-refractivity contribution in [1.29, 1.82) is 0 Å². The van der Waals surface area contributed by atoms with Gasteiger partial charge in [0.1, 0.15) is 5.02 Å². The number of anilines is 1. The summed E-state index contributed by atoms with van der Waals surface area (Å²) in [5, 5.41) is 26.8. The minimum Gasteiger partial charge on any atom is -0.871 e. The maximum absolute atomic E-state index is 12.2. The van der Waals surface area contributed by atoms with Crippen molar-refractivity contribution < 1.29 is 10.0 Å². The fourth-order valence-electron chi connectivity index (χ4n) is 3.58. The number of allylic oxidation sites excluding steroid dienone is 2. The van der Waals surface area contributed by atoms with Crippen LogP contribution in [0.25, 0.3) is 0 Å². The van der Waals surface area contributed by atoms with Crippen molar-refractivity contribution >= 4 is 23.0 Å². The van der Waals surface area contributed by atoms with Gasteiger partial charge in [0.05, 0.1) is 10.5 Å². The van der Waals surface area contributed by atoms with Gasteiger partial charge in [-0.15, -0.1) is 0 Å². The van der Waals surface area contributed by atoms with E-state index in [1.54, 1.807) is 0 Å². The molecular weight excluding hydrogens is 292 g/mol. The lowest BCUT2D eigenvalue weighted by Gasteiger charge is -2.41. The highest BCUT2D eigenvalue weighted by molar-refractivity contribution is 6.33. The molecule has 1 N–H and O–H groups in total. The normalized spacial score (nSPS) is 26.4. The van der Waals surface area contributed by atoms with Gasteiger partial charge in [-0.25, -0.2) is 0 Å². The Balaban J connectivity index is 2.24. The highest BCUT2D eigenvalue weighted by Gasteiger charge is 2.42. The molecule has 5 nitrogen and oxygen atoms in total. The van der Waals surface area contributed by atoms with Crippen LogP contribution in [0.5, 0.6) is 5.75 Å². The number of nitrogens with one attached hydrogen (secondary N) is 1. The average molecular weight is 308 g/mol. The number of hydrogen-bond acceptors (Lipinski definition) is 4. The first-order valence-corrected chi connectivity index (χ1v) is 7.40. The Morgan fingerprint density at radius 1 is 1.48 bits per heavy atom. The standard InChI is InChI=1S/C15H17ClN2O3/c1-7(2)13-9-5-3-4-8(9)12-14(17-13)11(19)6-10(16)15(12)18(20)21/h3-4,6-9,13,17,19H,5H2,1-2H3/p-1/t8-,9+,13-/m0/s1. The van der Waals surface area contributed by atoms with E-state index in [0.717, 1.165) is 12.5 Å². The lowest BCUT2D eigenvalue weighted by Crippen LogP contribution is -2.40. The molecule has 112 valence electrons. The first-order valence-electron chi connectivity index (χ1n) is 7.02. The third-order valence-electron chi connectivity index (χ3n) is 4.47. The van der Waals surface area contributed by atoms with Crippen molar-refractivity contribution in [2.45, 2.75) is 32.2 Å². The largest absolute Gasteiger partial charge is 0.871 e. The molecule has 1 aliphatic carbocycles. The molecule has 1 aromatic rings. The van der Waals surface area contributed by atoms with Crippen LogP contribution in [0.4, 0.5) is 11.4 Å². The third kappa shape index (κ3) is 2.07. The Morgan fingerprint density at radius 2 is 2.19 bits per heavy atom. The molecule has 0 saturated heterocycles. The summed E-state index contributed by atoms with van der Waals surface area (Å²) in [4.78, 5) is 10.9. The number of halogens is 1. The van der Waals surface area contributed by atoms with Gasteiger partial charge in [0.15, 0.2) is 0 Å². The van der Waals surface area contributed by atoms with Crippen LogP contribution in [-0.2, 0) is 0 Å². The maximum atomic E-state index is 12.2. The van der Waals surface area contributed by atoms with E-state index in [9.17, 15) is 15.2 Å². The Hall–Kier alpha value is -1.75. The van der Waals surface area contributed by atoms with E-state index in [2.05, 4.69) is 19.2 Å². The average Bonchev–Trinajstić information content (AvgIpc) is 2.86. The van der Waals surface area contributed by atoms with Crippen molar-refractivity contribution in [1.82, 2.24) is 0 Å². The van der Waals surface area contributed by atoms with E-state index >= 15 is 0 Å². The van der Waals surface area contributed by atoms with E-state index in [1.165, 1.54) is 0 Å². The molecule has 1 heterocycles. The van der Waals surface area contributed by atoms with Crippen LogP contribution >= 0.6 is 11.6 Å². The number of nitro benzene ring substituents is 1. The molecule has 3 atom stereocenters. The zero-order valence-corrected chi connectivity index (χ0v) is 12.6. The molecule has 0 fully saturated rings. The summed E-state index contributed by atoms with van der Waals surface area (Å²) >= 11 is 5.96. The van der Waals surface area contributed by atoms with Crippen LogP contribution in [0, 0.1) is 22.0 Å². The molecule has 0 aromatic heterocycles. The van der Waals surface area contributed by atoms with E-state index in [0.29, 0.717) is 17.2 Å². The molecule has 2 aliphatic rings. The van der Waals surface area contributed by atoms with Gasteiger partial charge in [0.25, 0.3) is 5.69 Å². The fourth-order valence-corrected chi connectivity index (χ4v) is 3.85. The molecule has 3 rings (SSSR count). The third-order valence-corrected chi connectivity index (χ3v) is 4.76. The SMILES string of the molecule is CC(C)[C@@H]1Nc2c([O-])cc(Cl)c([N+](=O)[O-])c2[C@H]2C=CC[C@H]21. The summed E-state index contributed by atoms with van der Waals surface area (Å²) in [6.07, 6.45) is 4.87. The second kappa shape index (κ2) is 4.91. The van der Waals surface area contributed by atoms with Crippen LogP contribution in [0.15, 0.2) is 18.2 Å². The molecule has 0 bridgehead atoms. The Morgan fingerprint density at radius 3 is 2.81 bits per heavy atom. The minimum absolute atomic E-state index is 0.0763. The predicted octanol–water partition coefficient (Wildman–Crippen LogP) is 3.43. The van der Waals surface area contributed by atoms with Crippen molar-refractivity contribution in [2.75, 3.05) is 5.32 Å². The van der Waals surface area contributed by atoms with Crippen molar-refractivity contribution in [3.63, 3.8) is 0 Å². The van der Waals surface area contributed by atoms with Crippen molar-refractivity contribution in [3.05, 3.63) is 38.9 Å². The van der Waals surface area contributed by atoms with E-state index in [4.69, 9.17) is 11.6 Å². The summed E-state index contributed by atoms with van der Waals surface area (Å²) in [5.74, 6) is 0.180. The maximum Gasteiger partial charge on any atom is 0.293 e. The number of rotatable bonds is 2. The van der Waals surface area contributed by atoms with Crippen LogP contribution in [-0.4, -0.2) is 11.0 Å². The number of fused-ring (bicyclic) bond motifs is 3. The zero-order chi connectivity index (χ0) is 15.3. The van der Waals surface area contributed by atoms with Crippen LogP contribution in [0.3, 0.4) is 0 Å². The van der Waals surface area contributed by atoms with E-state index < -0.39 is 4.92 Å². The zero-order valence-electron chi connectivity index (χ0n) is 11.8. The molecule has 1 aromatic carbocycles. The van der Waals surface area contributed by atoms with Crippen molar-refractivity contribution in [2.24, 2.45) is 11.8 Å². The first-order chi connectivity index (χ1) is 9.91. The monoisotopic (exact) mass is 307 g/mol. The topological polar surface area (TPSA) is 78.2 Å². The lowest BCUT2D eigenvalue weighted by molar-refractivity contribution is -0.385. The number of hydrogen-bond donors (Lipinski definition) is 1. The predicted molar refractivity (Wildman–Crippen MR) is 79.8 cm³/mol. The summed E-state index contributed by atoms with van der Waals surface area (Å²) < 4.78 is 0. The molecule has 21 heavy (non-hydrogen) atoms. The molecule has 1 aliphatic heterocycles. The molecule has 0 radical (unpaired) electrons. The van der Waals surface area contributed by atoms with E-state index in [1.807, 2.05) is 12.2 Å². The van der Waals surface area contributed by atoms with Gasteiger partial charge in [-0.3, -0.25) is 10.1 Å². The molecule has 0 saturated carbocycles. The summed E-state index contributed by atoms with van der Waals surface area (Å²) in [7, 11) is 0. The summed E-state index contributed by atoms with van der Waals surface area (Å²) in [6.45, 7) is 4.18. The Bertz CT molecular complexity index is 642. The highest BCUT2D eigenvalue weighted by Crippen LogP contribution is 2.53. The smallest absolute Gasteiger partial charge is 0.293 e. The quantitative estimate of drug-likeness (QED) is 0.516. The van der Waals surface area contributed by atoms with Gasteiger partial charge in [-0.05, 0) is 24.3 Å². The van der Waals surface area contributed by atoms with Crippen molar-refractivity contribution in [3.8, 4) is 5.75 Å². The van der Waals surface area contributed by atoms with Gasteiger partial charge >= 0.3 is 0 Å². The van der Waals surface area contributed by atoms with Gasteiger partial charge in [-0.1, -0.05) is 43.3 Å². The van der Waals surface area contributed by atoms with Crippen LogP contribution < -0.4 is 10.4 Å². The van der Waals surface area contributed by atoms with Gasteiger partial charge in [0.2, 0.25) is 0 Å². The van der Waals surface area contributed by atoms with Crippen LogP contribution in [0.1, 0.15) is 31.7 Å². The molecule has 0 spiro atoms. The van der Waals surface area contributed by atoms with Gasteiger partial charge in [0, 0.05) is 17.6 Å². The Kier molecular flexibility index (Phi) is 3.32. The van der Waals surface area contributed by atoms with Crippen LogP contribution in [0.2, 0.25) is 5.02 Å².